The summed E-state index contributed by atoms with van der Waals surface area (Å²) >= 11 is 0. The Morgan fingerprint density at radius 1 is 1.40 bits per heavy atom. The van der Waals surface area contributed by atoms with Crippen LogP contribution in [-0.4, -0.2) is 23.7 Å². The van der Waals surface area contributed by atoms with Crippen molar-refractivity contribution in [3.63, 3.8) is 0 Å². The van der Waals surface area contributed by atoms with Crippen LogP contribution >= 0.6 is 0 Å². The van der Waals surface area contributed by atoms with Crippen LogP contribution in [0.2, 0.25) is 0 Å². The number of nitrogen functional groups attached to an aromatic ring is 1. The van der Waals surface area contributed by atoms with Gasteiger partial charge in [-0.05, 0) is 6.42 Å². The SMILES string of the molecule is CCCCCOc1nc(N)ncc1OC. The first kappa shape index (κ1) is 11.6. The van der Waals surface area contributed by atoms with Crippen molar-refractivity contribution in [2.45, 2.75) is 26.2 Å². The Hall–Kier alpha value is -1.52. The molecule has 0 amide bonds. The molecule has 0 atom stereocenters. The first-order chi connectivity index (χ1) is 7.27. The Kier molecular flexibility index (Phi) is 4.66. The number of aromatic nitrogens is 2. The van der Waals surface area contributed by atoms with Gasteiger partial charge in [-0.2, -0.15) is 4.98 Å². The molecule has 0 radical (unpaired) electrons. The maximum Gasteiger partial charge on any atom is 0.261 e. The number of nitrogens with zero attached hydrogens (tertiary/aromatic N) is 2. The van der Waals surface area contributed by atoms with Gasteiger partial charge in [0.15, 0.2) is 5.75 Å². The average Bonchev–Trinajstić information content (AvgIpc) is 2.25. The highest BCUT2D eigenvalue weighted by Crippen LogP contribution is 2.23. The van der Waals surface area contributed by atoms with Crippen molar-refractivity contribution < 1.29 is 9.47 Å². The minimum absolute atomic E-state index is 0.196. The molecule has 0 aliphatic heterocycles. The minimum Gasteiger partial charge on any atom is -0.490 e. The van der Waals surface area contributed by atoms with E-state index in [1.54, 1.807) is 7.11 Å². The lowest BCUT2D eigenvalue weighted by Crippen LogP contribution is -2.04. The molecule has 1 aromatic heterocycles. The normalized spacial score (nSPS) is 10.0. The van der Waals surface area contributed by atoms with E-state index in [9.17, 15) is 0 Å². The van der Waals surface area contributed by atoms with Gasteiger partial charge in [-0.1, -0.05) is 19.8 Å². The molecular weight excluding hydrogens is 194 g/mol. The lowest BCUT2D eigenvalue weighted by atomic mass is 10.3. The van der Waals surface area contributed by atoms with Crippen molar-refractivity contribution in [3.05, 3.63) is 6.20 Å². The molecule has 5 heteroatoms. The largest absolute Gasteiger partial charge is 0.490 e. The third-order valence-corrected chi connectivity index (χ3v) is 1.95. The molecule has 0 aliphatic carbocycles. The third kappa shape index (κ3) is 3.61. The van der Waals surface area contributed by atoms with Crippen LogP contribution in [0.5, 0.6) is 11.6 Å². The van der Waals surface area contributed by atoms with Gasteiger partial charge in [0, 0.05) is 0 Å². The molecule has 1 aromatic rings. The molecule has 0 saturated heterocycles. The summed E-state index contributed by atoms with van der Waals surface area (Å²) in [5.74, 6) is 1.13. The predicted molar refractivity (Wildman–Crippen MR) is 58.0 cm³/mol. The van der Waals surface area contributed by atoms with E-state index in [0.717, 1.165) is 19.3 Å². The summed E-state index contributed by atoms with van der Waals surface area (Å²) in [7, 11) is 1.55. The molecule has 0 aliphatic rings. The molecule has 84 valence electrons. The van der Waals surface area contributed by atoms with E-state index < -0.39 is 0 Å². The second-order valence-corrected chi connectivity index (χ2v) is 3.16. The Balaban J connectivity index is 2.54. The van der Waals surface area contributed by atoms with Crippen LogP contribution in [0.15, 0.2) is 6.20 Å². The number of anilines is 1. The molecule has 0 bridgehead atoms. The predicted octanol–water partition coefficient (Wildman–Crippen LogP) is 1.64. The number of methoxy groups -OCH3 is 1. The number of rotatable bonds is 6. The molecule has 5 nitrogen and oxygen atoms in total. The topological polar surface area (TPSA) is 70.3 Å². The van der Waals surface area contributed by atoms with E-state index in [-0.39, 0.29) is 5.95 Å². The molecule has 1 heterocycles. The Morgan fingerprint density at radius 2 is 2.20 bits per heavy atom. The number of hydrogen-bond acceptors (Lipinski definition) is 5. The Morgan fingerprint density at radius 3 is 2.87 bits per heavy atom. The summed E-state index contributed by atoms with van der Waals surface area (Å²) in [6.45, 7) is 2.77. The second-order valence-electron chi connectivity index (χ2n) is 3.16. The summed E-state index contributed by atoms with van der Waals surface area (Å²) in [6.07, 6.45) is 4.82. The van der Waals surface area contributed by atoms with Crippen LogP contribution in [0, 0.1) is 0 Å². The van der Waals surface area contributed by atoms with Crippen molar-refractivity contribution in [1.82, 2.24) is 9.97 Å². The van der Waals surface area contributed by atoms with Crippen molar-refractivity contribution in [3.8, 4) is 11.6 Å². The Labute approximate surface area is 89.6 Å². The van der Waals surface area contributed by atoms with Gasteiger partial charge < -0.3 is 15.2 Å². The van der Waals surface area contributed by atoms with Gasteiger partial charge in [-0.3, -0.25) is 0 Å². The summed E-state index contributed by atoms with van der Waals surface area (Å²) in [5.41, 5.74) is 5.45. The zero-order valence-corrected chi connectivity index (χ0v) is 9.19. The van der Waals surface area contributed by atoms with E-state index in [4.69, 9.17) is 15.2 Å². The number of ether oxygens (including phenoxy) is 2. The van der Waals surface area contributed by atoms with Crippen LogP contribution in [0.25, 0.3) is 0 Å². The van der Waals surface area contributed by atoms with Gasteiger partial charge in [-0.25, -0.2) is 4.98 Å². The summed E-state index contributed by atoms with van der Waals surface area (Å²) < 4.78 is 10.5. The fraction of sp³-hybridized carbons (Fsp3) is 0.600. The summed E-state index contributed by atoms with van der Waals surface area (Å²) in [4.78, 5) is 7.78. The highest BCUT2D eigenvalue weighted by atomic mass is 16.5. The quantitative estimate of drug-likeness (QED) is 0.724. The zero-order chi connectivity index (χ0) is 11.1. The lowest BCUT2D eigenvalue weighted by molar-refractivity contribution is 0.274. The van der Waals surface area contributed by atoms with E-state index in [1.165, 1.54) is 6.20 Å². The Bertz CT molecular complexity index is 305. The van der Waals surface area contributed by atoms with Crippen molar-refractivity contribution in [2.24, 2.45) is 0 Å². The molecular formula is C10H17N3O2. The zero-order valence-electron chi connectivity index (χ0n) is 9.19. The molecule has 2 N–H and O–H groups in total. The van der Waals surface area contributed by atoms with Crippen LogP contribution in [-0.2, 0) is 0 Å². The van der Waals surface area contributed by atoms with Crippen molar-refractivity contribution in [1.29, 1.82) is 0 Å². The van der Waals surface area contributed by atoms with Crippen LogP contribution < -0.4 is 15.2 Å². The maximum atomic E-state index is 5.45. The van der Waals surface area contributed by atoms with E-state index in [0.29, 0.717) is 18.2 Å². The molecule has 15 heavy (non-hydrogen) atoms. The number of hydrogen-bond donors (Lipinski definition) is 1. The number of unbranched alkanes of at least 4 members (excludes halogenated alkanes) is 2. The van der Waals surface area contributed by atoms with Crippen molar-refractivity contribution in [2.75, 3.05) is 19.5 Å². The van der Waals surface area contributed by atoms with Crippen LogP contribution in [0.4, 0.5) is 5.95 Å². The summed E-state index contributed by atoms with van der Waals surface area (Å²) in [5, 5.41) is 0. The fourth-order valence-corrected chi connectivity index (χ4v) is 1.13. The van der Waals surface area contributed by atoms with Crippen molar-refractivity contribution >= 4 is 5.95 Å². The van der Waals surface area contributed by atoms with Gasteiger partial charge in [-0.15, -0.1) is 0 Å². The molecule has 1 rings (SSSR count). The average molecular weight is 211 g/mol. The standard InChI is InChI=1S/C10H17N3O2/c1-3-4-5-6-15-9-8(14-2)7-12-10(11)13-9/h7H,3-6H2,1-2H3,(H2,11,12,13). The van der Waals surface area contributed by atoms with Crippen LogP contribution in [0.3, 0.4) is 0 Å². The molecule has 0 unspecified atom stereocenters. The van der Waals surface area contributed by atoms with Gasteiger partial charge in [0.05, 0.1) is 19.9 Å². The van der Waals surface area contributed by atoms with Gasteiger partial charge in [0.25, 0.3) is 5.88 Å². The monoisotopic (exact) mass is 211 g/mol. The number of nitrogens with two attached hydrogens (primary N) is 1. The summed E-state index contributed by atoms with van der Waals surface area (Å²) in [6, 6.07) is 0. The molecule has 0 aromatic carbocycles. The first-order valence-electron chi connectivity index (χ1n) is 5.07. The first-order valence-corrected chi connectivity index (χ1v) is 5.07. The van der Waals surface area contributed by atoms with Gasteiger partial charge in [0.1, 0.15) is 0 Å². The smallest absolute Gasteiger partial charge is 0.261 e. The molecule has 0 saturated carbocycles. The second kappa shape index (κ2) is 6.06. The molecule has 0 fully saturated rings. The minimum atomic E-state index is 0.196. The van der Waals surface area contributed by atoms with Gasteiger partial charge in [0.2, 0.25) is 5.95 Å². The van der Waals surface area contributed by atoms with Crippen LogP contribution in [0.1, 0.15) is 26.2 Å². The molecule has 0 spiro atoms. The third-order valence-electron chi connectivity index (χ3n) is 1.95. The van der Waals surface area contributed by atoms with E-state index in [1.807, 2.05) is 0 Å². The highest BCUT2D eigenvalue weighted by Gasteiger charge is 2.06. The van der Waals surface area contributed by atoms with Gasteiger partial charge >= 0.3 is 0 Å². The fourth-order valence-electron chi connectivity index (χ4n) is 1.13. The van der Waals surface area contributed by atoms with E-state index >= 15 is 0 Å². The van der Waals surface area contributed by atoms with E-state index in [2.05, 4.69) is 16.9 Å². The highest BCUT2D eigenvalue weighted by molar-refractivity contribution is 5.35. The lowest BCUT2D eigenvalue weighted by Gasteiger charge is -2.08. The maximum absolute atomic E-state index is 5.45.